The van der Waals surface area contributed by atoms with Gasteiger partial charge in [-0.25, -0.2) is 0 Å². The number of unbranched alkanes of at least 4 members (excludes halogenated alkanes) is 1. The normalized spacial score (nSPS) is 16.2. The monoisotopic (exact) mass is 627 g/mol. The molecular weight excluding hydrogens is 595 g/mol. The number of rotatable bonds is 9. The molecule has 0 radical (unpaired) electrons. The molecule has 3 aromatic carbocycles. The molecule has 1 N–H and O–H groups in total. The van der Waals surface area contributed by atoms with Crippen LogP contribution in [0.5, 0.6) is 0 Å². The van der Waals surface area contributed by atoms with Crippen LogP contribution in [0.3, 0.4) is 0 Å². The molecule has 5 rings (SSSR count). The number of hydrogen-bond donors (Lipinski definition) is 1. The Hall–Kier alpha value is -3.17. The summed E-state index contributed by atoms with van der Waals surface area (Å²) in [5, 5.41) is 2.20. The lowest BCUT2D eigenvalue weighted by molar-refractivity contribution is -0.141. The highest BCUT2D eigenvalue weighted by molar-refractivity contribution is 9.10. The Kier molecular flexibility index (Phi) is 8.85. The molecule has 2 aliphatic rings. The van der Waals surface area contributed by atoms with Gasteiger partial charge in [0, 0.05) is 30.7 Å². The van der Waals surface area contributed by atoms with Crippen molar-refractivity contribution in [3.05, 3.63) is 94.0 Å². The van der Waals surface area contributed by atoms with Crippen molar-refractivity contribution in [2.75, 3.05) is 39.3 Å². The second-order valence-corrected chi connectivity index (χ2v) is 11.7. The topological polar surface area (TPSA) is 52.7 Å². The lowest BCUT2D eigenvalue weighted by Gasteiger charge is -2.35. The Morgan fingerprint density at radius 1 is 0.829 bits per heavy atom. The van der Waals surface area contributed by atoms with E-state index in [1.54, 1.807) is 0 Å². The van der Waals surface area contributed by atoms with Gasteiger partial charge in [0.05, 0.1) is 6.42 Å². The number of carbonyl (C=O) groups excluding carboxylic acids is 2. The van der Waals surface area contributed by atoms with Crippen LogP contribution < -0.4 is 5.32 Å². The van der Waals surface area contributed by atoms with Crippen molar-refractivity contribution >= 4 is 27.7 Å². The lowest BCUT2D eigenvalue weighted by Crippen LogP contribution is -2.49. The van der Waals surface area contributed by atoms with Gasteiger partial charge in [-0.3, -0.25) is 14.5 Å². The number of amides is 2. The molecule has 5 nitrogen and oxygen atoms in total. The minimum absolute atomic E-state index is 0.123. The standard InChI is InChI=1S/C32H33BrF3N3O2/c33-24-13-11-23(12-14-24)21-29(40)39-19-17-38(18-20-39)16-6-5-15-31(30(41)37-22-32(34,35)36)27-9-3-1-7-25(27)26-8-2-4-10-28(26)31/h1-4,7-14H,5-6,15-22H2,(H,37,41). The van der Waals surface area contributed by atoms with Crippen molar-refractivity contribution in [1.82, 2.24) is 15.1 Å². The number of fused-ring (bicyclic) bond motifs is 3. The summed E-state index contributed by atoms with van der Waals surface area (Å²) in [7, 11) is 0. The van der Waals surface area contributed by atoms with Crippen LogP contribution in [-0.4, -0.2) is 67.1 Å². The van der Waals surface area contributed by atoms with Gasteiger partial charge in [0.1, 0.15) is 12.0 Å². The SMILES string of the molecule is O=C(Cc1ccc(Br)cc1)N1CCN(CCCCC2(C(=O)NCC(F)(F)F)c3ccccc3-c3ccccc32)CC1. The summed E-state index contributed by atoms with van der Waals surface area (Å²) in [6.07, 6.45) is -2.22. The first kappa shape index (κ1) is 29.3. The summed E-state index contributed by atoms with van der Waals surface area (Å²) in [5.41, 5.74) is 3.14. The summed E-state index contributed by atoms with van der Waals surface area (Å²) < 4.78 is 40.2. The van der Waals surface area contributed by atoms with Gasteiger partial charge < -0.3 is 10.2 Å². The molecule has 216 valence electrons. The second-order valence-electron chi connectivity index (χ2n) is 10.8. The summed E-state index contributed by atoms with van der Waals surface area (Å²) in [5.74, 6) is -0.484. The third kappa shape index (κ3) is 6.51. The molecule has 0 saturated carbocycles. The fraction of sp³-hybridized carbons (Fsp3) is 0.375. The Morgan fingerprint density at radius 2 is 1.41 bits per heavy atom. The quantitative estimate of drug-likeness (QED) is 0.298. The van der Waals surface area contributed by atoms with E-state index in [1.165, 1.54) is 0 Å². The molecule has 1 saturated heterocycles. The van der Waals surface area contributed by atoms with E-state index in [2.05, 4.69) is 26.1 Å². The molecule has 3 aromatic rings. The molecule has 1 fully saturated rings. The number of alkyl halides is 3. The highest BCUT2D eigenvalue weighted by Crippen LogP contribution is 2.51. The van der Waals surface area contributed by atoms with Gasteiger partial charge in [0.25, 0.3) is 0 Å². The number of hydrogen-bond acceptors (Lipinski definition) is 3. The Morgan fingerprint density at radius 3 is 2.00 bits per heavy atom. The van der Waals surface area contributed by atoms with E-state index < -0.39 is 24.0 Å². The van der Waals surface area contributed by atoms with Crippen LogP contribution >= 0.6 is 15.9 Å². The first-order chi connectivity index (χ1) is 19.7. The predicted molar refractivity (Wildman–Crippen MR) is 156 cm³/mol. The van der Waals surface area contributed by atoms with Gasteiger partial charge >= 0.3 is 6.18 Å². The van der Waals surface area contributed by atoms with Crippen LogP contribution in [0, 0.1) is 0 Å². The van der Waals surface area contributed by atoms with E-state index in [-0.39, 0.29) is 5.91 Å². The zero-order valence-electron chi connectivity index (χ0n) is 22.7. The maximum absolute atomic E-state index is 13.6. The molecule has 0 unspecified atom stereocenters. The van der Waals surface area contributed by atoms with E-state index in [4.69, 9.17) is 0 Å². The van der Waals surface area contributed by atoms with Crippen LogP contribution in [0.4, 0.5) is 13.2 Å². The lowest BCUT2D eigenvalue weighted by atomic mass is 9.73. The Labute approximate surface area is 246 Å². The molecule has 1 aliphatic heterocycles. The van der Waals surface area contributed by atoms with Crippen molar-refractivity contribution in [3.8, 4) is 11.1 Å². The second kappa shape index (κ2) is 12.4. The molecule has 0 atom stereocenters. The smallest absolute Gasteiger partial charge is 0.346 e. The van der Waals surface area contributed by atoms with Crippen LogP contribution in [0.1, 0.15) is 36.0 Å². The van der Waals surface area contributed by atoms with Crippen LogP contribution in [-0.2, 0) is 21.4 Å². The van der Waals surface area contributed by atoms with Crippen molar-refractivity contribution in [1.29, 1.82) is 0 Å². The summed E-state index contributed by atoms with van der Waals surface area (Å²) in [4.78, 5) is 30.6. The van der Waals surface area contributed by atoms with Gasteiger partial charge in [-0.1, -0.05) is 83.0 Å². The number of benzene rings is 3. The first-order valence-corrected chi connectivity index (χ1v) is 14.8. The van der Waals surface area contributed by atoms with Crippen LogP contribution in [0.25, 0.3) is 11.1 Å². The maximum atomic E-state index is 13.6. The minimum atomic E-state index is -4.49. The van der Waals surface area contributed by atoms with Gasteiger partial charge in [0.2, 0.25) is 11.8 Å². The summed E-state index contributed by atoms with van der Waals surface area (Å²) in [6.45, 7) is 2.32. The fourth-order valence-electron chi connectivity index (χ4n) is 6.12. The van der Waals surface area contributed by atoms with Crippen molar-refractivity contribution in [2.24, 2.45) is 0 Å². The molecule has 1 aliphatic carbocycles. The van der Waals surface area contributed by atoms with Gasteiger partial charge in [-0.05, 0) is 59.3 Å². The average molecular weight is 629 g/mol. The number of nitrogens with one attached hydrogen (secondary N) is 1. The van der Waals surface area contributed by atoms with Crippen molar-refractivity contribution in [3.63, 3.8) is 0 Å². The molecule has 0 bridgehead atoms. The van der Waals surface area contributed by atoms with Crippen LogP contribution in [0.15, 0.2) is 77.3 Å². The fourth-order valence-corrected chi connectivity index (χ4v) is 6.38. The van der Waals surface area contributed by atoms with E-state index in [1.807, 2.05) is 77.7 Å². The number of nitrogens with zero attached hydrogens (tertiary/aromatic N) is 2. The zero-order chi connectivity index (χ0) is 29.0. The Bertz CT molecular complexity index is 1340. The molecule has 0 spiro atoms. The highest BCUT2D eigenvalue weighted by atomic mass is 79.9. The molecule has 41 heavy (non-hydrogen) atoms. The van der Waals surface area contributed by atoms with E-state index >= 15 is 0 Å². The number of carbonyl (C=O) groups is 2. The van der Waals surface area contributed by atoms with Crippen molar-refractivity contribution < 1.29 is 22.8 Å². The van der Waals surface area contributed by atoms with Crippen molar-refractivity contribution in [2.45, 2.75) is 37.3 Å². The molecule has 9 heteroatoms. The minimum Gasteiger partial charge on any atom is -0.346 e. The molecule has 2 amide bonds. The first-order valence-electron chi connectivity index (χ1n) is 14.0. The van der Waals surface area contributed by atoms with E-state index in [9.17, 15) is 22.8 Å². The van der Waals surface area contributed by atoms with Gasteiger partial charge in [-0.2, -0.15) is 13.2 Å². The number of halogens is 4. The summed E-state index contributed by atoms with van der Waals surface area (Å²) in [6, 6.07) is 22.9. The summed E-state index contributed by atoms with van der Waals surface area (Å²) >= 11 is 3.42. The average Bonchev–Trinajstić information content (AvgIpc) is 3.26. The van der Waals surface area contributed by atoms with Crippen LogP contribution in [0.2, 0.25) is 0 Å². The van der Waals surface area contributed by atoms with Gasteiger partial charge in [-0.15, -0.1) is 0 Å². The highest BCUT2D eigenvalue weighted by Gasteiger charge is 2.49. The molecule has 0 aromatic heterocycles. The number of piperazine rings is 1. The maximum Gasteiger partial charge on any atom is 0.405 e. The third-order valence-corrected chi connectivity index (χ3v) is 8.70. The van der Waals surface area contributed by atoms with Gasteiger partial charge in [0.15, 0.2) is 0 Å². The zero-order valence-corrected chi connectivity index (χ0v) is 24.3. The van der Waals surface area contributed by atoms with E-state index in [0.29, 0.717) is 32.4 Å². The predicted octanol–water partition coefficient (Wildman–Crippen LogP) is 5.95. The molecular formula is C32H33BrF3N3O2. The largest absolute Gasteiger partial charge is 0.405 e. The molecule has 1 heterocycles. The Balaban J connectivity index is 1.20. The third-order valence-electron chi connectivity index (χ3n) is 8.17. The van der Waals surface area contributed by atoms with E-state index in [0.717, 1.165) is 58.3 Å².